The van der Waals surface area contributed by atoms with E-state index < -0.39 is 0 Å². The summed E-state index contributed by atoms with van der Waals surface area (Å²) in [4.78, 5) is 17.3. The van der Waals surface area contributed by atoms with E-state index in [1.54, 1.807) is 4.68 Å². The van der Waals surface area contributed by atoms with Crippen molar-refractivity contribution < 1.29 is 4.79 Å². The van der Waals surface area contributed by atoms with Crippen molar-refractivity contribution >= 4 is 33.7 Å². The third-order valence-corrected chi connectivity index (χ3v) is 4.38. The van der Waals surface area contributed by atoms with Gasteiger partial charge in [0.25, 0.3) is 5.91 Å². The van der Waals surface area contributed by atoms with Crippen molar-refractivity contribution in [3.63, 3.8) is 0 Å². The van der Waals surface area contributed by atoms with Gasteiger partial charge in [-0.1, -0.05) is 35.9 Å². The Morgan fingerprint density at radius 2 is 1.84 bits per heavy atom. The van der Waals surface area contributed by atoms with Crippen molar-refractivity contribution in [2.45, 2.75) is 13.8 Å². The molecule has 0 atom stereocenters. The molecule has 0 aliphatic carbocycles. The summed E-state index contributed by atoms with van der Waals surface area (Å²) in [6, 6.07) is 15.6. The van der Waals surface area contributed by atoms with Gasteiger partial charge >= 0.3 is 0 Å². The summed E-state index contributed by atoms with van der Waals surface area (Å²) in [6.07, 6.45) is 0. The molecule has 25 heavy (non-hydrogen) atoms. The van der Waals surface area contributed by atoms with Crippen LogP contribution in [0.1, 0.15) is 21.5 Å². The molecule has 4 aromatic rings. The third kappa shape index (κ3) is 2.63. The number of fused-ring (bicyclic) bond motifs is 2. The molecule has 4 rings (SSSR count). The van der Waals surface area contributed by atoms with Crippen LogP contribution in [0.3, 0.4) is 0 Å². The first kappa shape index (κ1) is 15.3. The Hall–Kier alpha value is -3.21. The number of nitrogens with zero attached hydrogens (tertiary/aromatic N) is 3. The Bertz CT molecular complexity index is 1110. The maximum Gasteiger partial charge on any atom is 0.256 e. The summed E-state index contributed by atoms with van der Waals surface area (Å²) < 4.78 is 1.70. The molecule has 0 fully saturated rings. The standard InChI is InChI=1S/C20H18N4O/c1-12-7-9-14(10-8-12)20(25)22-18-16-11-15-6-4-5-13(2)17(15)21-19(16)24(3)23-18/h4-11H,1-3H3,(H,22,23,25). The Balaban J connectivity index is 1.79. The SMILES string of the molecule is Cc1ccc(C(=O)Nc2nn(C)c3nc4c(C)cccc4cc23)cc1. The number of para-hydroxylation sites is 1. The van der Waals surface area contributed by atoms with Gasteiger partial charge in [0.05, 0.1) is 10.9 Å². The number of pyridine rings is 1. The van der Waals surface area contributed by atoms with E-state index in [0.717, 1.165) is 33.1 Å². The predicted molar refractivity (Wildman–Crippen MR) is 99.9 cm³/mol. The second-order valence-electron chi connectivity index (χ2n) is 6.30. The Labute approximate surface area is 145 Å². The highest BCUT2D eigenvalue weighted by Gasteiger charge is 2.15. The molecule has 0 aliphatic rings. The van der Waals surface area contributed by atoms with Crippen LogP contribution in [0, 0.1) is 13.8 Å². The number of hydrogen-bond acceptors (Lipinski definition) is 3. The van der Waals surface area contributed by atoms with Crippen LogP contribution in [0.15, 0.2) is 48.5 Å². The lowest BCUT2D eigenvalue weighted by Gasteiger charge is -2.04. The van der Waals surface area contributed by atoms with Gasteiger partial charge in [0.1, 0.15) is 0 Å². The van der Waals surface area contributed by atoms with Crippen molar-refractivity contribution in [1.82, 2.24) is 14.8 Å². The van der Waals surface area contributed by atoms with E-state index in [-0.39, 0.29) is 5.91 Å². The summed E-state index contributed by atoms with van der Waals surface area (Å²) in [6.45, 7) is 4.03. The minimum absolute atomic E-state index is 0.177. The van der Waals surface area contributed by atoms with Gasteiger partial charge < -0.3 is 5.32 Å². The average Bonchev–Trinajstić information content (AvgIpc) is 2.89. The number of anilines is 1. The van der Waals surface area contributed by atoms with Gasteiger partial charge in [0.2, 0.25) is 0 Å². The number of amides is 1. The number of nitrogens with one attached hydrogen (secondary N) is 1. The number of hydrogen-bond donors (Lipinski definition) is 1. The fourth-order valence-electron chi connectivity index (χ4n) is 2.99. The lowest BCUT2D eigenvalue weighted by Crippen LogP contribution is -2.12. The van der Waals surface area contributed by atoms with Crippen LogP contribution in [0.2, 0.25) is 0 Å². The molecule has 124 valence electrons. The number of aryl methyl sites for hydroxylation is 3. The molecule has 1 amide bonds. The van der Waals surface area contributed by atoms with E-state index in [0.29, 0.717) is 11.4 Å². The Morgan fingerprint density at radius 3 is 2.60 bits per heavy atom. The zero-order chi connectivity index (χ0) is 17.6. The number of rotatable bonds is 2. The molecule has 0 saturated heterocycles. The van der Waals surface area contributed by atoms with Crippen LogP contribution in [0.5, 0.6) is 0 Å². The smallest absolute Gasteiger partial charge is 0.256 e. The van der Waals surface area contributed by atoms with Gasteiger partial charge in [0, 0.05) is 18.0 Å². The first-order chi connectivity index (χ1) is 12.0. The molecule has 0 spiro atoms. The van der Waals surface area contributed by atoms with E-state index in [1.165, 1.54) is 0 Å². The molecule has 0 radical (unpaired) electrons. The second kappa shape index (κ2) is 5.70. The number of benzene rings is 2. The fourth-order valence-corrected chi connectivity index (χ4v) is 2.99. The average molecular weight is 330 g/mol. The molecular formula is C20H18N4O. The van der Waals surface area contributed by atoms with E-state index >= 15 is 0 Å². The molecule has 2 heterocycles. The van der Waals surface area contributed by atoms with Crippen LogP contribution >= 0.6 is 0 Å². The van der Waals surface area contributed by atoms with Crippen molar-refractivity contribution in [3.8, 4) is 0 Å². The Morgan fingerprint density at radius 1 is 1.08 bits per heavy atom. The minimum atomic E-state index is -0.177. The van der Waals surface area contributed by atoms with Crippen LogP contribution in [-0.4, -0.2) is 20.7 Å². The van der Waals surface area contributed by atoms with Gasteiger partial charge in [-0.15, -0.1) is 0 Å². The van der Waals surface area contributed by atoms with Crippen LogP contribution in [-0.2, 0) is 7.05 Å². The fraction of sp³-hybridized carbons (Fsp3) is 0.150. The molecule has 5 nitrogen and oxygen atoms in total. The molecule has 2 aromatic heterocycles. The predicted octanol–water partition coefficient (Wildman–Crippen LogP) is 3.99. The first-order valence-electron chi connectivity index (χ1n) is 8.14. The van der Waals surface area contributed by atoms with Gasteiger partial charge in [-0.05, 0) is 37.6 Å². The molecule has 0 aliphatic heterocycles. The van der Waals surface area contributed by atoms with Crippen molar-refractivity contribution in [3.05, 3.63) is 65.2 Å². The van der Waals surface area contributed by atoms with E-state index in [9.17, 15) is 4.79 Å². The quantitative estimate of drug-likeness (QED) is 0.604. The van der Waals surface area contributed by atoms with Gasteiger partial charge in [-0.25, -0.2) is 9.67 Å². The maximum absolute atomic E-state index is 12.5. The van der Waals surface area contributed by atoms with Gasteiger partial charge in [-0.3, -0.25) is 4.79 Å². The molecule has 0 bridgehead atoms. The van der Waals surface area contributed by atoms with Gasteiger partial charge in [0.15, 0.2) is 11.5 Å². The third-order valence-electron chi connectivity index (χ3n) is 4.38. The van der Waals surface area contributed by atoms with Crippen molar-refractivity contribution in [1.29, 1.82) is 0 Å². The zero-order valence-electron chi connectivity index (χ0n) is 14.4. The van der Waals surface area contributed by atoms with E-state index in [2.05, 4.69) is 10.4 Å². The lowest BCUT2D eigenvalue weighted by atomic mass is 10.1. The Kier molecular flexibility index (Phi) is 3.50. The molecule has 0 saturated carbocycles. The monoisotopic (exact) mass is 330 g/mol. The summed E-state index contributed by atoms with van der Waals surface area (Å²) in [5.74, 6) is 0.350. The largest absolute Gasteiger partial charge is 0.305 e. The number of carbonyl (C=O) groups excluding carboxylic acids is 1. The summed E-state index contributed by atoms with van der Waals surface area (Å²) in [5, 5.41) is 9.23. The van der Waals surface area contributed by atoms with E-state index in [4.69, 9.17) is 4.98 Å². The van der Waals surface area contributed by atoms with E-state index in [1.807, 2.05) is 69.4 Å². The van der Waals surface area contributed by atoms with Crippen molar-refractivity contribution in [2.24, 2.45) is 7.05 Å². The van der Waals surface area contributed by atoms with Crippen molar-refractivity contribution in [2.75, 3.05) is 5.32 Å². The van der Waals surface area contributed by atoms with Gasteiger partial charge in [-0.2, -0.15) is 5.10 Å². The zero-order valence-corrected chi connectivity index (χ0v) is 14.4. The molecular weight excluding hydrogens is 312 g/mol. The van der Waals surface area contributed by atoms with Crippen LogP contribution in [0.4, 0.5) is 5.82 Å². The van der Waals surface area contributed by atoms with Crippen LogP contribution in [0.25, 0.3) is 21.9 Å². The number of aromatic nitrogens is 3. The molecule has 0 unspecified atom stereocenters. The maximum atomic E-state index is 12.5. The second-order valence-corrected chi connectivity index (χ2v) is 6.30. The highest BCUT2D eigenvalue weighted by atomic mass is 16.1. The van der Waals surface area contributed by atoms with Crippen LogP contribution < -0.4 is 5.32 Å². The topological polar surface area (TPSA) is 59.8 Å². The molecule has 5 heteroatoms. The normalized spacial score (nSPS) is 11.2. The lowest BCUT2D eigenvalue weighted by molar-refractivity contribution is 0.102. The molecule has 2 aromatic carbocycles. The summed E-state index contributed by atoms with van der Waals surface area (Å²) >= 11 is 0. The number of carbonyl (C=O) groups is 1. The highest BCUT2D eigenvalue weighted by Crippen LogP contribution is 2.27. The summed E-state index contributed by atoms with van der Waals surface area (Å²) in [7, 11) is 1.83. The first-order valence-corrected chi connectivity index (χ1v) is 8.14. The summed E-state index contributed by atoms with van der Waals surface area (Å²) in [5.41, 5.74) is 4.54. The minimum Gasteiger partial charge on any atom is -0.305 e. The highest BCUT2D eigenvalue weighted by molar-refractivity contribution is 6.09. The molecule has 1 N–H and O–H groups in total.